The number of hydrogen-bond donors (Lipinski definition) is 1. The smallest absolute Gasteiger partial charge is 0.168 e. The van der Waals surface area contributed by atoms with Crippen molar-refractivity contribution < 1.29 is 5.11 Å². The molecular weight excluding hydrogens is 300 g/mol. The van der Waals surface area contributed by atoms with Crippen LogP contribution >= 0.6 is 23.1 Å². The zero-order valence-corrected chi connectivity index (χ0v) is 13.4. The monoisotopic (exact) mass is 316 g/mol. The SMILES string of the molecule is Cc1ccc2cc(C3=C(CCO)SC4=NCCN43)sc2c1. The van der Waals surface area contributed by atoms with Crippen LogP contribution in [0.4, 0.5) is 0 Å². The maximum atomic E-state index is 9.33. The first-order valence-corrected chi connectivity index (χ1v) is 8.74. The summed E-state index contributed by atoms with van der Waals surface area (Å²) in [7, 11) is 0. The van der Waals surface area contributed by atoms with E-state index in [-0.39, 0.29) is 6.61 Å². The summed E-state index contributed by atoms with van der Waals surface area (Å²) in [5.74, 6) is 0. The van der Waals surface area contributed by atoms with Crippen LogP contribution in [0.15, 0.2) is 34.2 Å². The van der Waals surface area contributed by atoms with E-state index in [2.05, 4.69) is 41.1 Å². The number of aliphatic imine (C=N–C) groups is 1. The van der Waals surface area contributed by atoms with E-state index >= 15 is 0 Å². The molecule has 1 N–H and O–H groups in total. The number of rotatable bonds is 3. The number of aryl methyl sites for hydroxylation is 1. The molecule has 0 fully saturated rings. The maximum Gasteiger partial charge on any atom is 0.168 e. The van der Waals surface area contributed by atoms with Crippen LogP contribution in [0.25, 0.3) is 15.8 Å². The van der Waals surface area contributed by atoms with Crippen molar-refractivity contribution in [1.82, 2.24) is 4.90 Å². The van der Waals surface area contributed by atoms with E-state index < -0.39 is 0 Å². The van der Waals surface area contributed by atoms with Gasteiger partial charge in [-0.1, -0.05) is 23.9 Å². The zero-order chi connectivity index (χ0) is 14.4. The molecule has 0 unspecified atom stereocenters. The zero-order valence-electron chi connectivity index (χ0n) is 11.8. The first-order chi connectivity index (χ1) is 10.3. The van der Waals surface area contributed by atoms with Gasteiger partial charge in [0.25, 0.3) is 0 Å². The van der Waals surface area contributed by atoms with Gasteiger partial charge in [0, 0.05) is 29.2 Å². The molecule has 1 aromatic heterocycles. The number of aliphatic hydroxyl groups is 1. The van der Waals surface area contributed by atoms with Gasteiger partial charge in [-0.3, -0.25) is 4.99 Å². The Labute approximate surface area is 132 Å². The lowest BCUT2D eigenvalue weighted by atomic mass is 10.2. The number of thioether (sulfide) groups is 1. The fraction of sp³-hybridized carbons (Fsp3) is 0.312. The summed E-state index contributed by atoms with van der Waals surface area (Å²) in [6.45, 7) is 4.16. The van der Waals surface area contributed by atoms with Crippen LogP contribution in [0, 0.1) is 6.92 Å². The molecule has 3 nitrogen and oxygen atoms in total. The Morgan fingerprint density at radius 1 is 1.33 bits per heavy atom. The highest BCUT2D eigenvalue weighted by Crippen LogP contribution is 2.45. The third kappa shape index (κ3) is 2.20. The summed E-state index contributed by atoms with van der Waals surface area (Å²) in [5, 5.41) is 11.7. The highest BCUT2D eigenvalue weighted by molar-refractivity contribution is 8.17. The predicted octanol–water partition coefficient (Wildman–Crippen LogP) is 3.68. The molecule has 0 radical (unpaired) electrons. The van der Waals surface area contributed by atoms with Gasteiger partial charge in [-0.25, -0.2) is 0 Å². The molecular formula is C16H16N2OS2. The van der Waals surface area contributed by atoms with E-state index in [1.807, 2.05) is 11.3 Å². The molecule has 0 atom stereocenters. The van der Waals surface area contributed by atoms with E-state index in [1.165, 1.54) is 31.1 Å². The first-order valence-electron chi connectivity index (χ1n) is 7.10. The van der Waals surface area contributed by atoms with Gasteiger partial charge in [0.1, 0.15) is 0 Å². The van der Waals surface area contributed by atoms with Gasteiger partial charge < -0.3 is 10.0 Å². The molecule has 2 aliphatic heterocycles. The van der Waals surface area contributed by atoms with Crippen molar-refractivity contribution in [2.24, 2.45) is 4.99 Å². The molecule has 0 aliphatic carbocycles. The number of hydrogen-bond acceptors (Lipinski definition) is 5. The van der Waals surface area contributed by atoms with Crippen molar-refractivity contribution in [3.8, 4) is 0 Å². The van der Waals surface area contributed by atoms with E-state index in [9.17, 15) is 5.11 Å². The predicted molar refractivity (Wildman–Crippen MR) is 91.8 cm³/mol. The molecule has 0 bridgehead atoms. The number of fused-ring (bicyclic) bond motifs is 2. The minimum Gasteiger partial charge on any atom is -0.396 e. The van der Waals surface area contributed by atoms with Gasteiger partial charge in [0.05, 0.1) is 17.1 Å². The summed E-state index contributed by atoms with van der Waals surface area (Å²) in [6, 6.07) is 8.87. The molecule has 2 aromatic rings. The van der Waals surface area contributed by atoms with Crippen molar-refractivity contribution in [3.05, 3.63) is 39.6 Å². The van der Waals surface area contributed by atoms with E-state index in [4.69, 9.17) is 0 Å². The fourth-order valence-corrected chi connectivity index (χ4v) is 5.31. The molecule has 0 saturated carbocycles. The summed E-state index contributed by atoms with van der Waals surface area (Å²) in [4.78, 5) is 9.41. The Bertz CT molecular complexity index is 776. The van der Waals surface area contributed by atoms with Crippen molar-refractivity contribution in [3.63, 3.8) is 0 Å². The van der Waals surface area contributed by atoms with E-state index in [1.54, 1.807) is 11.8 Å². The minimum absolute atomic E-state index is 0.191. The first kappa shape index (κ1) is 13.4. The summed E-state index contributed by atoms with van der Waals surface area (Å²) >= 11 is 3.56. The topological polar surface area (TPSA) is 35.8 Å². The van der Waals surface area contributed by atoms with Crippen LogP contribution in [-0.4, -0.2) is 34.9 Å². The van der Waals surface area contributed by atoms with Crippen LogP contribution in [0.1, 0.15) is 16.9 Å². The Kier molecular flexibility index (Phi) is 3.28. The quantitative estimate of drug-likeness (QED) is 0.938. The Hall–Kier alpha value is -1.30. The lowest BCUT2D eigenvalue weighted by Crippen LogP contribution is -2.19. The number of nitrogens with zero attached hydrogens (tertiary/aromatic N) is 2. The van der Waals surface area contributed by atoms with Crippen LogP contribution in [0.3, 0.4) is 0 Å². The van der Waals surface area contributed by atoms with E-state index in [0.717, 1.165) is 18.3 Å². The van der Waals surface area contributed by atoms with Crippen molar-refractivity contribution >= 4 is 44.0 Å². The summed E-state index contributed by atoms with van der Waals surface area (Å²) in [5.41, 5.74) is 2.56. The Balaban J connectivity index is 1.84. The third-order valence-corrected chi connectivity index (χ3v) is 6.08. The lowest BCUT2D eigenvalue weighted by Gasteiger charge is -2.15. The summed E-state index contributed by atoms with van der Waals surface area (Å²) < 4.78 is 1.33. The molecule has 3 heterocycles. The van der Waals surface area contributed by atoms with Gasteiger partial charge in [0.2, 0.25) is 0 Å². The number of aliphatic hydroxyl groups excluding tert-OH is 1. The Morgan fingerprint density at radius 3 is 3.10 bits per heavy atom. The molecule has 2 aliphatic rings. The highest BCUT2D eigenvalue weighted by atomic mass is 32.2. The molecule has 21 heavy (non-hydrogen) atoms. The van der Waals surface area contributed by atoms with Gasteiger partial charge in [-0.2, -0.15) is 0 Å². The van der Waals surface area contributed by atoms with Gasteiger partial charge >= 0.3 is 0 Å². The fourth-order valence-electron chi connectivity index (χ4n) is 2.83. The molecule has 0 saturated heterocycles. The van der Waals surface area contributed by atoms with Gasteiger partial charge in [-0.05, 0) is 30.0 Å². The minimum atomic E-state index is 0.191. The number of benzene rings is 1. The van der Waals surface area contributed by atoms with Gasteiger partial charge in [-0.15, -0.1) is 11.3 Å². The summed E-state index contributed by atoms with van der Waals surface area (Å²) in [6.07, 6.45) is 0.711. The molecule has 5 heteroatoms. The molecule has 0 spiro atoms. The standard InChI is InChI=1S/C16H16N2OS2/c1-10-2-3-11-9-14(20-13(11)8-10)15-12(4-7-19)21-16-17-5-6-18(15)16/h2-3,8-9,19H,4-7H2,1H3. The van der Waals surface area contributed by atoms with Crippen molar-refractivity contribution in [2.45, 2.75) is 13.3 Å². The average molecular weight is 316 g/mol. The maximum absolute atomic E-state index is 9.33. The lowest BCUT2D eigenvalue weighted by molar-refractivity contribution is 0.301. The molecule has 1 aromatic carbocycles. The average Bonchev–Trinajstić information content (AvgIpc) is 3.11. The normalized spacial score (nSPS) is 17.8. The third-order valence-electron chi connectivity index (χ3n) is 3.80. The van der Waals surface area contributed by atoms with Crippen LogP contribution in [-0.2, 0) is 0 Å². The largest absolute Gasteiger partial charge is 0.396 e. The van der Waals surface area contributed by atoms with Crippen LogP contribution in [0.2, 0.25) is 0 Å². The second-order valence-corrected chi connectivity index (χ2v) is 7.46. The number of amidine groups is 1. The van der Waals surface area contributed by atoms with Gasteiger partial charge in [0.15, 0.2) is 5.17 Å². The van der Waals surface area contributed by atoms with E-state index in [0.29, 0.717) is 6.42 Å². The number of thiophene rings is 1. The second kappa shape index (κ2) is 5.16. The van der Waals surface area contributed by atoms with Crippen LogP contribution < -0.4 is 0 Å². The Morgan fingerprint density at radius 2 is 2.24 bits per heavy atom. The highest BCUT2D eigenvalue weighted by Gasteiger charge is 2.33. The second-order valence-electron chi connectivity index (χ2n) is 5.32. The van der Waals surface area contributed by atoms with Crippen molar-refractivity contribution in [2.75, 3.05) is 19.7 Å². The molecule has 4 rings (SSSR count). The molecule has 0 amide bonds. The van der Waals surface area contributed by atoms with Crippen LogP contribution in [0.5, 0.6) is 0 Å². The molecule has 108 valence electrons. The van der Waals surface area contributed by atoms with Crippen molar-refractivity contribution in [1.29, 1.82) is 0 Å².